The van der Waals surface area contributed by atoms with Crippen LogP contribution >= 0.6 is 0 Å². The molecule has 1 N–H and O–H groups in total. The van der Waals surface area contributed by atoms with Gasteiger partial charge in [-0.25, -0.2) is 0 Å². The van der Waals surface area contributed by atoms with Crippen LogP contribution in [0.1, 0.15) is 41.0 Å². The largest absolute Gasteiger partial charge is 0.498 e. The van der Waals surface area contributed by atoms with Crippen LogP contribution in [0, 0.1) is 0 Å². The van der Waals surface area contributed by atoms with Crippen molar-refractivity contribution in [2.45, 2.75) is 64.9 Å². The lowest BCUT2D eigenvalue weighted by Crippen LogP contribution is -2.41. The van der Waals surface area contributed by atoms with Crippen LogP contribution in [0.15, 0.2) is 12.4 Å². The van der Waals surface area contributed by atoms with Gasteiger partial charge in [-0.2, -0.15) is 5.10 Å². The van der Waals surface area contributed by atoms with E-state index in [0.29, 0.717) is 13.0 Å². The second-order valence-electron chi connectivity index (χ2n) is 6.15. The van der Waals surface area contributed by atoms with E-state index >= 15 is 0 Å². The Bertz CT molecular complexity index is 429. The van der Waals surface area contributed by atoms with E-state index in [-0.39, 0.29) is 17.3 Å². The first kappa shape index (κ1) is 14.6. The lowest BCUT2D eigenvalue weighted by Gasteiger charge is -2.32. The van der Waals surface area contributed by atoms with Crippen molar-refractivity contribution in [1.29, 1.82) is 0 Å². The van der Waals surface area contributed by atoms with Crippen LogP contribution in [0.4, 0.5) is 0 Å². The fourth-order valence-corrected chi connectivity index (χ4v) is 1.93. The zero-order valence-electron chi connectivity index (χ0n) is 12.4. The number of hydrogen-bond acceptors (Lipinski definition) is 4. The zero-order valence-corrected chi connectivity index (χ0v) is 12.4. The normalized spacial score (nSPS) is 22.7. The summed E-state index contributed by atoms with van der Waals surface area (Å²) in [4.78, 5) is 0. The molecule has 0 saturated carbocycles. The van der Waals surface area contributed by atoms with Crippen molar-refractivity contribution in [1.82, 2.24) is 9.78 Å². The van der Waals surface area contributed by atoms with Crippen LogP contribution in [0.25, 0.3) is 0 Å². The van der Waals surface area contributed by atoms with Crippen LogP contribution < -0.4 is 5.46 Å². The van der Waals surface area contributed by atoms with Gasteiger partial charge in [0.2, 0.25) is 0 Å². The fraction of sp³-hybridized carbons (Fsp3) is 0.769. The maximum absolute atomic E-state index is 9.63. The maximum Gasteiger partial charge on any atom is 0.498 e. The Morgan fingerprint density at radius 3 is 2.42 bits per heavy atom. The molecule has 1 aromatic rings. The standard InChI is InChI=1S/C13H23BN2O3/c1-6-11(17)9-16-8-10(7-15-16)14-18-12(2,3)13(4,5)19-14/h7-8,11,17H,6,9H2,1-5H3/t11-/m0/s1. The summed E-state index contributed by atoms with van der Waals surface area (Å²) in [5.41, 5.74) is 0.202. The van der Waals surface area contributed by atoms with Crippen molar-refractivity contribution in [2.24, 2.45) is 0 Å². The Labute approximate surface area is 115 Å². The molecule has 0 aromatic carbocycles. The average Bonchev–Trinajstić information content (AvgIpc) is 2.82. The monoisotopic (exact) mass is 266 g/mol. The number of aliphatic hydroxyl groups excluding tert-OH is 1. The summed E-state index contributed by atoms with van der Waals surface area (Å²) in [6.07, 6.45) is 3.96. The molecule has 5 nitrogen and oxygen atoms in total. The van der Waals surface area contributed by atoms with E-state index in [1.165, 1.54) is 0 Å². The predicted molar refractivity (Wildman–Crippen MR) is 74.2 cm³/mol. The summed E-state index contributed by atoms with van der Waals surface area (Å²) in [5, 5.41) is 13.9. The zero-order chi connectivity index (χ0) is 14.3. The van der Waals surface area contributed by atoms with Gasteiger partial charge in [0.05, 0.1) is 23.9 Å². The van der Waals surface area contributed by atoms with Gasteiger partial charge in [0.25, 0.3) is 0 Å². The van der Waals surface area contributed by atoms with Crippen molar-refractivity contribution in [2.75, 3.05) is 0 Å². The molecule has 2 heterocycles. The number of aliphatic hydroxyl groups is 1. The van der Waals surface area contributed by atoms with Crippen LogP contribution in [0.5, 0.6) is 0 Å². The van der Waals surface area contributed by atoms with Crippen molar-refractivity contribution in [3.63, 3.8) is 0 Å². The summed E-state index contributed by atoms with van der Waals surface area (Å²) in [5.74, 6) is 0. The smallest absolute Gasteiger partial charge is 0.399 e. The third kappa shape index (κ3) is 2.85. The summed E-state index contributed by atoms with van der Waals surface area (Å²) in [6.45, 7) is 10.5. The molecular formula is C13H23BN2O3. The molecule has 106 valence electrons. The lowest BCUT2D eigenvalue weighted by atomic mass is 9.82. The van der Waals surface area contributed by atoms with Gasteiger partial charge in [-0.1, -0.05) is 6.92 Å². The first-order valence-electron chi connectivity index (χ1n) is 6.81. The Morgan fingerprint density at radius 2 is 1.89 bits per heavy atom. The summed E-state index contributed by atoms with van der Waals surface area (Å²) < 4.78 is 13.6. The maximum atomic E-state index is 9.63. The summed E-state index contributed by atoms with van der Waals surface area (Å²) >= 11 is 0. The van der Waals surface area contributed by atoms with E-state index in [1.807, 2.05) is 40.8 Å². The second kappa shape index (κ2) is 4.92. The Kier molecular flexibility index (Phi) is 3.77. The molecule has 19 heavy (non-hydrogen) atoms. The molecule has 0 radical (unpaired) electrons. The predicted octanol–water partition coefficient (Wildman–Crippen LogP) is 0.953. The van der Waals surface area contributed by atoms with Crippen molar-refractivity contribution in [3.8, 4) is 0 Å². The molecule has 1 atom stereocenters. The minimum Gasteiger partial charge on any atom is -0.399 e. The van der Waals surface area contributed by atoms with Crippen LogP contribution in [0.2, 0.25) is 0 Å². The highest BCUT2D eigenvalue weighted by Gasteiger charge is 2.52. The number of rotatable bonds is 4. The lowest BCUT2D eigenvalue weighted by molar-refractivity contribution is 0.00578. The van der Waals surface area contributed by atoms with Gasteiger partial charge in [0, 0.05) is 17.9 Å². The number of aromatic nitrogens is 2. The molecule has 1 aliphatic rings. The van der Waals surface area contributed by atoms with Gasteiger partial charge in [0.1, 0.15) is 0 Å². The van der Waals surface area contributed by atoms with E-state index < -0.39 is 7.12 Å². The van der Waals surface area contributed by atoms with E-state index in [1.54, 1.807) is 10.9 Å². The molecule has 1 aliphatic heterocycles. The molecule has 0 amide bonds. The molecule has 2 rings (SSSR count). The van der Waals surface area contributed by atoms with Gasteiger partial charge in [-0.15, -0.1) is 0 Å². The van der Waals surface area contributed by atoms with Crippen molar-refractivity contribution < 1.29 is 14.4 Å². The average molecular weight is 266 g/mol. The van der Waals surface area contributed by atoms with Crippen molar-refractivity contribution >= 4 is 12.6 Å². The topological polar surface area (TPSA) is 56.5 Å². The minimum atomic E-state index is -0.391. The number of nitrogens with zero attached hydrogens (tertiary/aromatic N) is 2. The highest BCUT2D eigenvalue weighted by molar-refractivity contribution is 6.61. The quantitative estimate of drug-likeness (QED) is 0.824. The third-order valence-corrected chi connectivity index (χ3v) is 4.05. The van der Waals surface area contributed by atoms with Crippen LogP contribution in [0.3, 0.4) is 0 Å². The molecule has 1 aromatic heterocycles. The van der Waals surface area contributed by atoms with Gasteiger partial charge in [-0.05, 0) is 34.1 Å². The molecule has 0 aliphatic carbocycles. The van der Waals surface area contributed by atoms with Gasteiger partial charge in [-0.3, -0.25) is 4.68 Å². The van der Waals surface area contributed by atoms with Crippen LogP contribution in [-0.4, -0.2) is 39.3 Å². The van der Waals surface area contributed by atoms with Gasteiger partial charge < -0.3 is 14.4 Å². The molecular weight excluding hydrogens is 243 g/mol. The molecule has 0 bridgehead atoms. The van der Waals surface area contributed by atoms with Crippen molar-refractivity contribution in [3.05, 3.63) is 12.4 Å². The fourth-order valence-electron chi connectivity index (χ4n) is 1.93. The minimum absolute atomic E-state index is 0.345. The van der Waals surface area contributed by atoms with E-state index in [9.17, 15) is 5.11 Å². The van der Waals surface area contributed by atoms with Gasteiger partial charge in [0.15, 0.2) is 0 Å². The third-order valence-electron chi connectivity index (χ3n) is 4.05. The molecule has 1 saturated heterocycles. The second-order valence-corrected chi connectivity index (χ2v) is 6.15. The SMILES string of the molecule is CC[C@H](O)Cn1cc(B2OC(C)(C)C(C)(C)O2)cn1. The molecule has 6 heteroatoms. The van der Waals surface area contributed by atoms with Gasteiger partial charge >= 0.3 is 7.12 Å². The molecule has 1 fully saturated rings. The summed E-state index contributed by atoms with van der Waals surface area (Å²) in [6, 6.07) is 0. The molecule has 0 spiro atoms. The van der Waals surface area contributed by atoms with E-state index in [2.05, 4.69) is 5.10 Å². The first-order chi connectivity index (χ1) is 8.75. The first-order valence-corrected chi connectivity index (χ1v) is 6.81. The Hall–Kier alpha value is -0.845. The summed E-state index contributed by atoms with van der Waals surface area (Å²) in [7, 11) is -0.391. The highest BCUT2D eigenvalue weighted by Crippen LogP contribution is 2.36. The highest BCUT2D eigenvalue weighted by atomic mass is 16.7. The molecule has 0 unspecified atom stereocenters. The van der Waals surface area contributed by atoms with Crippen LogP contribution in [-0.2, 0) is 15.9 Å². The van der Waals surface area contributed by atoms with E-state index in [0.717, 1.165) is 5.46 Å². The Balaban J connectivity index is 2.08. The number of hydrogen-bond donors (Lipinski definition) is 1. The van der Waals surface area contributed by atoms with E-state index in [4.69, 9.17) is 9.31 Å². The Morgan fingerprint density at radius 1 is 1.32 bits per heavy atom.